The fourth-order valence-electron chi connectivity index (χ4n) is 1.93. The third-order valence-electron chi connectivity index (χ3n) is 3.29. The van der Waals surface area contributed by atoms with Gasteiger partial charge in [-0.3, -0.25) is 0 Å². The van der Waals surface area contributed by atoms with Gasteiger partial charge in [0.25, 0.3) is 0 Å². The van der Waals surface area contributed by atoms with Crippen LogP contribution in [0.4, 0.5) is 5.82 Å². The van der Waals surface area contributed by atoms with Crippen LogP contribution in [0.15, 0.2) is 35.4 Å². The molecule has 21 heavy (non-hydrogen) atoms. The molecule has 6 nitrogen and oxygen atoms in total. The average molecular weight is 329 g/mol. The summed E-state index contributed by atoms with van der Waals surface area (Å²) in [6.45, 7) is 1.91. The minimum absolute atomic E-state index is 0.145. The molecule has 0 amide bonds. The number of benzene rings is 1. The van der Waals surface area contributed by atoms with Gasteiger partial charge in [0.2, 0.25) is 10.0 Å². The number of rotatable bonds is 4. The first-order chi connectivity index (χ1) is 9.75. The van der Waals surface area contributed by atoms with Crippen LogP contribution in [-0.4, -0.2) is 36.6 Å². The number of anilines is 1. The fourth-order valence-corrected chi connectivity index (χ4v) is 2.96. The zero-order chi connectivity index (χ0) is 15.8. The van der Waals surface area contributed by atoms with Crippen LogP contribution in [0.5, 0.6) is 0 Å². The maximum absolute atomic E-state index is 12.0. The highest BCUT2D eigenvalue weighted by atomic mass is 35.5. The highest BCUT2D eigenvalue weighted by Crippen LogP contribution is 2.26. The second-order valence-electron chi connectivity index (χ2n) is 4.85. The molecule has 8 heteroatoms. The van der Waals surface area contributed by atoms with Crippen molar-refractivity contribution in [3.8, 4) is 0 Å². The highest BCUT2D eigenvalue weighted by Gasteiger charge is 2.18. The molecule has 114 valence electrons. The Hall–Kier alpha value is -1.57. The van der Waals surface area contributed by atoms with Crippen molar-refractivity contribution in [2.45, 2.75) is 17.9 Å². The third kappa shape index (κ3) is 2.90. The molecule has 0 saturated heterocycles. The molecule has 2 rings (SSSR count). The Kier molecular flexibility index (Phi) is 4.27. The second-order valence-corrected chi connectivity index (χ2v) is 7.41. The van der Waals surface area contributed by atoms with Crippen LogP contribution in [0.1, 0.15) is 18.5 Å². The molecule has 1 aromatic carbocycles. The van der Waals surface area contributed by atoms with E-state index in [1.54, 1.807) is 28.9 Å². The Morgan fingerprint density at radius 3 is 2.29 bits per heavy atom. The molecular weight excluding hydrogens is 312 g/mol. The molecule has 0 aliphatic carbocycles. The number of sulfonamides is 1. The summed E-state index contributed by atoms with van der Waals surface area (Å²) in [5, 5.41) is 4.52. The number of halogens is 1. The van der Waals surface area contributed by atoms with Crippen molar-refractivity contribution in [2.24, 2.45) is 0 Å². The van der Waals surface area contributed by atoms with Gasteiger partial charge in [-0.2, -0.15) is 5.10 Å². The molecule has 0 fully saturated rings. The Bertz CT molecular complexity index is 738. The Morgan fingerprint density at radius 1 is 1.29 bits per heavy atom. The largest absolute Gasteiger partial charge is 0.383 e. The first-order valence-electron chi connectivity index (χ1n) is 6.26. The quantitative estimate of drug-likeness (QED) is 0.930. The van der Waals surface area contributed by atoms with Gasteiger partial charge in [-0.25, -0.2) is 17.4 Å². The third-order valence-corrected chi connectivity index (χ3v) is 5.42. The molecule has 1 heterocycles. The molecule has 0 bridgehead atoms. The van der Waals surface area contributed by atoms with Gasteiger partial charge >= 0.3 is 0 Å². The number of hydrogen-bond donors (Lipinski definition) is 1. The van der Waals surface area contributed by atoms with E-state index in [9.17, 15) is 8.42 Å². The minimum Gasteiger partial charge on any atom is -0.383 e. The van der Waals surface area contributed by atoms with Gasteiger partial charge in [-0.1, -0.05) is 23.7 Å². The van der Waals surface area contributed by atoms with Crippen LogP contribution in [0.2, 0.25) is 5.02 Å². The lowest BCUT2D eigenvalue weighted by Crippen LogP contribution is -2.22. The van der Waals surface area contributed by atoms with Crippen molar-refractivity contribution in [3.05, 3.63) is 41.0 Å². The Morgan fingerprint density at radius 2 is 1.86 bits per heavy atom. The molecule has 2 aromatic rings. The molecule has 0 saturated carbocycles. The first kappa shape index (κ1) is 15.8. The molecule has 1 aromatic heterocycles. The predicted octanol–water partition coefficient (Wildman–Crippen LogP) is 1.98. The van der Waals surface area contributed by atoms with E-state index in [2.05, 4.69) is 5.10 Å². The van der Waals surface area contributed by atoms with Crippen molar-refractivity contribution in [2.75, 3.05) is 19.8 Å². The van der Waals surface area contributed by atoms with Gasteiger partial charge in [0.05, 0.1) is 17.1 Å². The van der Waals surface area contributed by atoms with E-state index in [1.165, 1.54) is 24.6 Å². The van der Waals surface area contributed by atoms with Crippen molar-refractivity contribution >= 4 is 27.4 Å². The van der Waals surface area contributed by atoms with Crippen molar-refractivity contribution in [1.82, 2.24) is 14.1 Å². The predicted molar refractivity (Wildman–Crippen MR) is 82.8 cm³/mol. The lowest BCUT2D eigenvalue weighted by Gasteiger charge is -2.16. The topological polar surface area (TPSA) is 81.2 Å². The molecule has 1 unspecified atom stereocenters. The number of nitrogen functional groups attached to an aromatic ring is 1. The van der Waals surface area contributed by atoms with Gasteiger partial charge in [0, 0.05) is 14.1 Å². The van der Waals surface area contributed by atoms with Gasteiger partial charge < -0.3 is 5.73 Å². The molecule has 1 atom stereocenters. The first-order valence-corrected chi connectivity index (χ1v) is 8.08. The van der Waals surface area contributed by atoms with Gasteiger partial charge in [-0.15, -0.1) is 0 Å². The van der Waals surface area contributed by atoms with Crippen LogP contribution in [0.3, 0.4) is 0 Å². The summed E-state index contributed by atoms with van der Waals surface area (Å²) in [7, 11) is -0.426. The number of nitrogens with two attached hydrogens (primary N) is 1. The number of hydrogen-bond acceptors (Lipinski definition) is 4. The van der Waals surface area contributed by atoms with E-state index in [1.807, 2.05) is 6.92 Å². The maximum atomic E-state index is 12.0. The molecule has 0 spiro atoms. The van der Waals surface area contributed by atoms with Gasteiger partial charge in [0.1, 0.15) is 10.8 Å². The lowest BCUT2D eigenvalue weighted by molar-refractivity contribution is 0.520. The van der Waals surface area contributed by atoms with Crippen molar-refractivity contribution in [3.63, 3.8) is 0 Å². The Balaban J connectivity index is 2.34. The summed E-state index contributed by atoms with van der Waals surface area (Å²) < 4.78 is 26.8. The second kappa shape index (κ2) is 5.67. The Labute approximate surface area is 129 Å². The molecule has 0 aliphatic heterocycles. The summed E-state index contributed by atoms with van der Waals surface area (Å²) in [4.78, 5) is 0.245. The SMILES string of the molecule is CC(c1ccc(S(=O)(=O)N(C)C)cc1)n1ncc(Cl)c1N. The number of nitrogens with zero attached hydrogens (tertiary/aromatic N) is 3. The molecule has 2 N–H and O–H groups in total. The summed E-state index contributed by atoms with van der Waals surface area (Å²) >= 11 is 5.89. The van der Waals surface area contributed by atoms with Gasteiger partial charge in [0.15, 0.2) is 0 Å². The fraction of sp³-hybridized carbons (Fsp3) is 0.308. The normalized spacial score (nSPS) is 13.6. The summed E-state index contributed by atoms with van der Waals surface area (Å²) in [6.07, 6.45) is 1.48. The summed E-state index contributed by atoms with van der Waals surface area (Å²) in [6, 6.07) is 6.49. The van der Waals surface area contributed by atoms with Crippen molar-refractivity contribution < 1.29 is 8.42 Å². The zero-order valence-electron chi connectivity index (χ0n) is 12.0. The molecule has 0 radical (unpaired) electrons. The molecular formula is C13H17ClN4O2S. The van der Waals surface area contributed by atoms with E-state index in [0.29, 0.717) is 10.8 Å². The smallest absolute Gasteiger partial charge is 0.242 e. The van der Waals surface area contributed by atoms with Crippen LogP contribution < -0.4 is 5.73 Å². The summed E-state index contributed by atoms with van der Waals surface area (Å²) in [5.74, 6) is 0.383. The minimum atomic E-state index is -3.42. The number of aromatic nitrogens is 2. The van der Waals surface area contributed by atoms with E-state index >= 15 is 0 Å². The van der Waals surface area contributed by atoms with Crippen LogP contribution >= 0.6 is 11.6 Å². The van der Waals surface area contributed by atoms with Crippen molar-refractivity contribution in [1.29, 1.82) is 0 Å². The summed E-state index contributed by atoms with van der Waals surface area (Å²) in [5.41, 5.74) is 6.73. The average Bonchev–Trinajstić information content (AvgIpc) is 2.78. The van der Waals surface area contributed by atoms with E-state index in [0.717, 1.165) is 5.56 Å². The highest BCUT2D eigenvalue weighted by molar-refractivity contribution is 7.89. The van der Waals surface area contributed by atoms with Crippen LogP contribution in [0, 0.1) is 0 Å². The molecule has 0 aliphatic rings. The maximum Gasteiger partial charge on any atom is 0.242 e. The lowest BCUT2D eigenvalue weighted by atomic mass is 10.1. The van der Waals surface area contributed by atoms with Gasteiger partial charge in [-0.05, 0) is 24.6 Å². The van der Waals surface area contributed by atoms with Crippen LogP contribution in [-0.2, 0) is 10.0 Å². The zero-order valence-corrected chi connectivity index (χ0v) is 13.6. The van der Waals surface area contributed by atoms with Crippen LogP contribution in [0.25, 0.3) is 0 Å². The standard InChI is InChI=1S/C13H17ClN4O2S/c1-9(18-13(15)12(14)8-16-18)10-4-6-11(7-5-10)21(19,20)17(2)3/h4-9H,15H2,1-3H3. The monoisotopic (exact) mass is 328 g/mol. The van der Waals surface area contributed by atoms with E-state index < -0.39 is 10.0 Å². The van der Waals surface area contributed by atoms with E-state index in [4.69, 9.17) is 17.3 Å². The van der Waals surface area contributed by atoms with E-state index in [-0.39, 0.29) is 10.9 Å².